The van der Waals surface area contributed by atoms with Crippen molar-refractivity contribution in [3.8, 4) is 28.5 Å². The third-order valence-corrected chi connectivity index (χ3v) is 3.54. The van der Waals surface area contributed by atoms with Crippen molar-refractivity contribution in [3.63, 3.8) is 0 Å². The number of hydrogen-bond acceptors (Lipinski definition) is 6. The van der Waals surface area contributed by atoms with Gasteiger partial charge in [0.1, 0.15) is 22.9 Å². The molecule has 0 radical (unpaired) electrons. The maximum atomic E-state index is 12.7. The fraction of sp³-hybridized carbons (Fsp3) is 0.118. The first-order valence-corrected chi connectivity index (χ1v) is 7.11. The van der Waals surface area contributed by atoms with Crippen LogP contribution in [0.4, 0.5) is 0 Å². The normalized spacial score (nSPS) is 10.4. The van der Waals surface area contributed by atoms with Gasteiger partial charge in [-0.25, -0.2) is 0 Å². The van der Waals surface area contributed by atoms with Gasteiger partial charge in [-0.2, -0.15) is 15.4 Å². The number of nitrogens with one attached hydrogen (secondary N) is 1. The quantitative estimate of drug-likeness (QED) is 0.699. The minimum Gasteiger partial charge on any atom is -0.507 e. The Hall–Kier alpha value is -3.35. The van der Waals surface area contributed by atoms with E-state index in [1.54, 1.807) is 30.3 Å². The van der Waals surface area contributed by atoms with Crippen LogP contribution in [-0.2, 0) is 0 Å². The molecular formula is C17H15N3O4. The van der Waals surface area contributed by atoms with E-state index in [9.17, 15) is 9.90 Å². The molecule has 0 saturated heterocycles. The Morgan fingerprint density at radius 2 is 1.71 bits per heavy atom. The first-order valence-electron chi connectivity index (χ1n) is 7.11. The number of aromatic nitrogens is 3. The van der Waals surface area contributed by atoms with Gasteiger partial charge in [-0.1, -0.05) is 12.1 Å². The Morgan fingerprint density at radius 3 is 2.33 bits per heavy atom. The number of carbonyl (C=O) groups excluding carboxylic acids is 1. The zero-order valence-electron chi connectivity index (χ0n) is 13.1. The molecule has 0 unspecified atom stereocenters. The summed E-state index contributed by atoms with van der Waals surface area (Å²) in [5, 5.41) is 20.4. The van der Waals surface area contributed by atoms with Crippen LogP contribution in [0.3, 0.4) is 0 Å². The highest BCUT2D eigenvalue weighted by molar-refractivity contribution is 6.12. The van der Waals surface area contributed by atoms with Crippen molar-refractivity contribution in [2.45, 2.75) is 0 Å². The highest BCUT2D eigenvalue weighted by atomic mass is 16.5. The largest absolute Gasteiger partial charge is 0.507 e. The second-order valence-corrected chi connectivity index (χ2v) is 4.97. The summed E-state index contributed by atoms with van der Waals surface area (Å²) in [6, 6.07) is 11.5. The molecule has 7 nitrogen and oxygen atoms in total. The van der Waals surface area contributed by atoms with Crippen LogP contribution in [0.1, 0.15) is 16.1 Å². The molecule has 1 heterocycles. The molecule has 0 amide bonds. The van der Waals surface area contributed by atoms with Crippen molar-refractivity contribution in [3.05, 3.63) is 53.7 Å². The number of ketones is 1. The summed E-state index contributed by atoms with van der Waals surface area (Å²) in [7, 11) is 3.07. The van der Waals surface area contributed by atoms with Gasteiger partial charge in [0.25, 0.3) is 0 Å². The van der Waals surface area contributed by atoms with E-state index in [4.69, 9.17) is 9.47 Å². The second kappa shape index (κ2) is 6.41. The number of carbonyl (C=O) groups is 1. The van der Waals surface area contributed by atoms with Gasteiger partial charge in [0.05, 0.1) is 19.8 Å². The van der Waals surface area contributed by atoms with Crippen LogP contribution >= 0.6 is 0 Å². The Balaban J connectivity index is 2.09. The smallest absolute Gasteiger partial charge is 0.219 e. The molecule has 0 fully saturated rings. The molecule has 3 aromatic rings. The zero-order chi connectivity index (χ0) is 17.1. The van der Waals surface area contributed by atoms with Gasteiger partial charge in [0.15, 0.2) is 5.69 Å². The predicted molar refractivity (Wildman–Crippen MR) is 86.5 cm³/mol. The summed E-state index contributed by atoms with van der Waals surface area (Å²) in [6.45, 7) is 0. The summed E-state index contributed by atoms with van der Waals surface area (Å²) < 4.78 is 10.5. The number of nitrogens with zero attached hydrogens (tertiary/aromatic N) is 2. The number of phenolic OH excluding ortho intramolecular Hbond substituents is 1. The number of methoxy groups -OCH3 is 2. The molecule has 0 aliphatic carbocycles. The second-order valence-electron chi connectivity index (χ2n) is 4.97. The number of hydrogen-bond donors (Lipinski definition) is 2. The number of ether oxygens (including phenoxy) is 2. The molecule has 122 valence electrons. The summed E-state index contributed by atoms with van der Waals surface area (Å²) in [4.78, 5) is 12.7. The summed E-state index contributed by atoms with van der Waals surface area (Å²) >= 11 is 0. The molecule has 0 bridgehead atoms. The highest BCUT2D eigenvalue weighted by Gasteiger charge is 2.22. The average Bonchev–Trinajstić information content (AvgIpc) is 3.10. The number of aromatic hydroxyl groups is 1. The van der Waals surface area contributed by atoms with Crippen molar-refractivity contribution < 1.29 is 19.4 Å². The monoisotopic (exact) mass is 325 g/mol. The summed E-state index contributed by atoms with van der Waals surface area (Å²) in [5.41, 5.74) is 1.22. The van der Waals surface area contributed by atoms with E-state index in [1.807, 2.05) is 0 Å². The molecule has 1 aromatic heterocycles. The van der Waals surface area contributed by atoms with Gasteiger partial charge >= 0.3 is 0 Å². The fourth-order valence-corrected chi connectivity index (χ4v) is 2.33. The van der Waals surface area contributed by atoms with Crippen molar-refractivity contribution in [1.29, 1.82) is 0 Å². The van der Waals surface area contributed by atoms with E-state index in [0.717, 1.165) is 0 Å². The highest BCUT2D eigenvalue weighted by Crippen LogP contribution is 2.31. The fourth-order valence-electron chi connectivity index (χ4n) is 2.33. The van der Waals surface area contributed by atoms with Crippen molar-refractivity contribution in [2.24, 2.45) is 0 Å². The molecule has 24 heavy (non-hydrogen) atoms. The Bertz CT molecular complexity index is 867. The third kappa shape index (κ3) is 2.79. The molecule has 2 aromatic carbocycles. The Morgan fingerprint density at radius 1 is 1.04 bits per heavy atom. The number of para-hydroxylation sites is 1. The van der Waals surface area contributed by atoms with Gasteiger partial charge in [0, 0.05) is 11.6 Å². The molecule has 0 spiro atoms. The lowest BCUT2D eigenvalue weighted by Crippen LogP contribution is -2.04. The zero-order valence-corrected chi connectivity index (χ0v) is 13.1. The van der Waals surface area contributed by atoms with Crippen LogP contribution < -0.4 is 9.47 Å². The van der Waals surface area contributed by atoms with E-state index in [0.29, 0.717) is 22.8 Å². The summed E-state index contributed by atoms with van der Waals surface area (Å²) in [6.07, 6.45) is 0. The molecule has 0 atom stereocenters. The Labute approximate surface area is 137 Å². The lowest BCUT2D eigenvalue weighted by Gasteiger charge is -2.08. The minimum atomic E-state index is -0.432. The number of aromatic amines is 1. The van der Waals surface area contributed by atoms with Crippen molar-refractivity contribution in [1.82, 2.24) is 15.4 Å². The first kappa shape index (κ1) is 15.5. The molecule has 0 aliphatic rings. The van der Waals surface area contributed by atoms with Crippen molar-refractivity contribution >= 4 is 5.78 Å². The Kier molecular flexibility index (Phi) is 4.15. The van der Waals surface area contributed by atoms with Crippen LogP contribution in [0.15, 0.2) is 42.5 Å². The van der Waals surface area contributed by atoms with E-state index >= 15 is 0 Å². The van der Waals surface area contributed by atoms with E-state index in [2.05, 4.69) is 15.4 Å². The maximum absolute atomic E-state index is 12.7. The predicted octanol–water partition coefficient (Wildman–Crippen LogP) is 2.43. The van der Waals surface area contributed by atoms with Crippen LogP contribution in [0.25, 0.3) is 11.3 Å². The van der Waals surface area contributed by atoms with E-state index in [1.165, 1.54) is 26.4 Å². The molecular weight excluding hydrogens is 310 g/mol. The SMILES string of the molecule is COc1cc(OC)cc(-c2n[nH]nc2C(=O)c2ccccc2O)c1. The average molecular weight is 325 g/mol. The van der Waals surface area contributed by atoms with E-state index in [-0.39, 0.29) is 17.0 Å². The molecule has 0 aliphatic heterocycles. The number of rotatable bonds is 5. The lowest BCUT2D eigenvalue weighted by molar-refractivity contribution is 0.103. The van der Waals surface area contributed by atoms with Gasteiger partial charge < -0.3 is 14.6 Å². The van der Waals surface area contributed by atoms with Gasteiger partial charge in [0.2, 0.25) is 5.78 Å². The molecule has 2 N–H and O–H groups in total. The van der Waals surface area contributed by atoms with Crippen LogP contribution in [-0.4, -0.2) is 40.5 Å². The topological polar surface area (TPSA) is 97.3 Å². The van der Waals surface area contributed by atoms with Crippen LogP contribution in [0.2, 0.25) is 0 Å². The van der Waals surface area contributed by atoms with Crippen molar-refractivity contribution in [2.75, 3.05) is 14.2 Å². The van der Waals surface area contributed by atoms with Gasteiger partial charge in [-0.15, -0.1) is 0 Å². The van der Waals surface area contributed by atoms with Gasteiger partial charge in [-0.3, -0.25) is 4.79 Å². The first-order chi connectivity index (χ1) is 11.6. The lowest BCUT2D eigenvalue weighted by atomic mass is 10.0. The minimum absolute atomic E-state index is 0.104. The summed E-state index contributed by atoms with van der Waals surface area (Å²) in [5.74, 6) is 0.583. The molecule has 0 saturated carbocycles. The van der Waals surface area contributed by atoms with E-state index < -0.39 is 5.78 Å². The molecule has 7 heteroatoms. The number of phenols is 1. The molecule has 3 rings (SSSR count). The van der Waals surface area contributed by atoms with Crippen LogP contribution in [0.5, 0.6) is 17.2 Å². The number of H-pyrrole nitrogens is 1. The third-order valence-electron chi connectivity index (χ3n) is 3.54. The standard InChI is InChI=1S/C17H15N3O4/c1-23-11-7-10(8-12(9-11)24-2)15-16(19-20-18-15)17(22)13-5-3-4-6-14(13)21/h3-9,21H,1-2H3,(H,18,19,20). The van der Waals surface area contributed by atoms with Gasteiger partial charge in [-0.05, 0) is 24.3 Å². The number of benzene rings is 2. The maximum Gasteiger partial charge on any atom is 0.219 e. The van der Waals surface area contributed by atoms with Crippen LogP contribution in [0, 0.1) is 0 Å².